The Morgan fingerprint density at radius 2 is 2.10 bits per heavy atom. The number of benzene rings is 1. The summed E-state index contributed by atoms with van der Waals surface area (Å²) in [5, 5.41) is 1.01. The van der Waals surface area contributed by atoms with Crippen molar-refractivity contribution in [3.8, 4) is 0 Å². The van der Waals surface area contributed by atoms with E-state index < -0.39 is 0 Å². The Balaban J connectivity index is 2.09. The topological polar surface area (TPSA) is 56.0 Å². The second-order valence-corrected chi connectivity index (χ2v) is 7.55. The quantitative estimate of drug-likeness (QED) is 0.845. The van der Waals surface area contributed by atoms with Crippen molar-refractivity contribution in [1.82, 2.24) is 4.98 Å². The number of nitrogens with zero attached hydrogens (tertiary/aromatic N) is 1. The van der Waals surface area contributed by atoms with Crippen LogP contribution in [0.5, 0.6) is 0 Å². The molecule has 0 aliphatic carbocycles. The van der Waals surface area contributed by atoms with E-state index >= 15 is 0 Å². The van der Waals surface area contributed by atoms with Gasteiger partial charge in [0, 0.05) is 15.1 Å². The molecule has 0 bridgehead atoms. The van der Waals surface area contributed by atoms with Crippen LogP contribution in [0.15, 0.2) is 28.6 Å². The summed E-state index contributed by atoms with van der Waals surface area (Å²) in [6.07, 6.45) is 0.263. The third-order valence-corrected chi connectivity index (χ3v) is 5.49. The number of hydrogen-bond acceptors (Lipinski definition) is 4. The largest absolute Gasteiger partial charge is 0.369 e. The second kappa shape index (κ2) is 6.61. The molecule has 1 amide bonds. The lowest BCUT2D eigenvalue weighted by Gasteiger charge is -2.09. The number of carbonyl (C=O) groups excluding carboxylic acids is 1. The van der Waals surface area contributed by atoms with Crippen molar-refractivity contribution in [3.05, 3.63) is 45.4 Å². The summed E-state index contributed by atoms with van der Waals surface area (Å²) in [5.41, 5.74) is 7.32. The van der Waals surface area contributed by atoms with E-state index in [1.54, 1.807) is 11.8 Å². The second-order valence-electron chi connectivity index (χ2n) is 4.44. The van der Waals surface area contributed by atoms with Gasteiger partial charge < -0.3 is 5.73 Å². The number of aryl methyl sites for hydroxylation is 1. The number of hydrogen-bond donors (Lipinski definition) is 1. The van der Waals surface area contributed by atoms with Crippen LogP contribution in [0.25, 0.3) is 0 Å². The molecule has 1 aromatic heterocycles. The minimum absolute atomic E-state index is 0.263. The monoisotopic (exact) mass is 326 g/mol. The molecule has 0 unspecified atom stereocenters. The average Bonchev–Trinajstić information content (AvgIpc) is 2.69. The molecule has 1 aromatic carbocycles. The summed E-state index contributed by atoms with van der Waals surface area (Å²) in [4.78, 5) is 16.4. The molecular formula is C14H15ClN2OS2. The number of aromatic nitrogens is 1. The fourth-order valence-electron chi connectivity index (χ4n) is 1.73. The van der Waals surface area contributed by atoms with Crippen LogP contribution in [0, 0.1) is 6.92 Å². The number of nitrogens with two attached hydrogens (primary N) is 1. The van der Waals surface area contributed by atoms with Crippen LogP contribution in [-0.2, 0) is 11.2 Å². The van der Waals surface area contributed by atoms with Crippen molar-refractivity contribution in [2.24, 2.45) is 5.73 Å². The predicted molar refractivity (Wildman–Crippen MR) is 85.5 cm³/mol. The zero-order chi connectivity index (χ0) is 14.7. The van der Waals surface area contributed by atoms with E-state index in [0.717, 1.165) is 19.9 Å². The van der Waals surface area contributed by atoms with Gasteiger partial charge in [0.25, 0.3) is 0 Å². The molecule has 0 saturated heterocycles. The van der Waals surface area contributed by atoms with E-state index in [1.165, 1.54) is 16.9 Å². The van der Waals surface area contributed by atoms with Gasteiger partial charge in [0.15, 0.2) is 4.34 Å². The van der Waals surface area contributed by atoms with Gasteiger partial charge in [-0.3, -0.25) is 4.79 Å². The van der Waals surface area contributed by atoms with Crippen LogP contribution in [0.2, 0.25) is 5.02 Å². The Morgan fingerprint density at radius 1 is 1.45 bits per heavy atom. The lowest BCUT2D eigenvalue weighted by atomic mass is 10.2. The van der Waals surface area contributed by atoms with Crippen LogP contribution in [0.1, 0.15) is 28.3 Å². The van der Waals surface area contributed by atoms with Crippen molar-refractivity contribution in [3.63, 3.8) is 0 Å². The Bertz CT molecular complexity index is 610. The Hall–Kier alpha value is -1.04. The lowest BCUT2D eigenvalue weighted by molar-refractivity contribution is -0.117. The van der Waals surface area contributed by atoms with E-state index in [0.29, 0.717) is 0 Å². The maximum atomic E-state index is 11.0. The minimum atomic E-state index is -0.320. The van der Waals surface area contributed by atoms with Gasteiger partial charge >= 0.3 is 0 Å². The molecule has 0 radical (unpaired) electrons. The van der Waals surface area contributed by atoms with Gasteiger partial charge in [0.05, 0.1) is 12.1 Å². The summed E-state index contributed by atoms with van der Waals surface area (Å²) < 4.78 is 0.959. The van der Waals surface area contributed by atoms with Crippen molar-refractivity contribution >= 4 is 40.6 Å². The first-order valence-electron chi connectivity index (χ1n) is 6.12. The maximum Gasteiger partial charge on any atom is 0.222 e. The first kappa shape index (κ1) is 15.4. The first-order chi connectivity index (χ1) is 9.45. The maximum absolute atomic E-state index is 11.0. The Labute approximate surface area is 131 Å². The molecule has 1 atom stereocenters. The molecule has 6 heteroatoms. The van der Waals surface area contributed by atoms with Gasteiger partial charge in [0.2, 0.25) is 5.91 Å². The van der Waals surface area contributed by atoms with Crippen molar-refractivity contribution in [2.45, 2.75) is 29.9 Å². The predicted octanol–water partition coefficient (Wildman–Crippen LogP) is 3.99. The number of halogens is 1. The zero-order valence-corrected chi connectivity index (χ0v) is 13.6. The smallest absolute Gasteiger partial charge is 0.222 e. The molecule has 20 heavy (non-hydrogen) atoms. The number of rotatable bonds is 5. The molecule has 2 aromatic rings. The lowest BCUT2D eigenvalue weighted by Crippen LogP contribution is -2.13. The van der Waals surface area contributed by atoms with Gasteiger partial charge in [-0.2, -0.15) is 0 Å². The molecule has 0 saturated carbocycles. The minimum Gasteiger partial charge on any atom is -0.369 e. The van der Waals surface area contributed by atoms with Crippen molar-refractivity contribution < 1.29 is 4.79 Å². The molecule has 2 rings (SSSR count). The molecule has 1 heterocycles. The fourth-order valence-corrected chi connectivity index (χ4v) is 4.37. The highest BCUT2D eigenvalue weighted by Crippen LogP contribution is 2.38. The van der Waals surface area contributed by atoms with Gasteiger partial charge in [-0.05, 0) is 31.5 Å². The number of carbonyl (C=O) groups is 1. The molecule has 0 aliphatic rings. The average molecular weight is 327 g/mol. The normalized spacial score (nSPS) is 12.3. The van der Waals surface area contributed by atoms with Gasteiger partial charge in [-0.15, -0.1) is 11.3 Å². The van der Waals surface area contributed by atoms with Crippen LogP contribution in [0.4, 0.5) is 0 Å². The van der Waals surface area contributed by atoms with E-state index in [1.807, 2.05) is 31.2 Å². The summed E-state index contributed by atoms with van der Waals surface area (Å²) in [6, 6.07) is 7.81. The van der Waals surface area contributed by atoms with E-state index in [9.17, 15) is 4.79 Å². The first-order valence-corrected chi connectivity index (χ1v) is 8.20. The molecule has 0 spiro atoms. The molecule has 106 valence electrons. The van der Waals surface area contributed by atoms with Crippen molar-refractivity contribution in [1.29, 1.82) is 0 Å². The third-order valence-electron chi connectivity index (χ3n) is 2.82. The third kappa shape index (κ3) is 3.98. The number of primary amides is 1. The number of thiazole rings is 1. The molecule has 2 N–H and O–H groups in total. The van der Waals surface area contributed by atoms with Crippen LogP contribution >= 0.6 is 34.7 Å². The zero-order valence-electron chi connectivity index (χ0n) is 11.2. The van der Waals surface area contributed by atoms with Crippen LogP contribution < -0.4 is 5.73 Å². The number of thioether (sulfide) groups is 1. The molecule has 0 fully saturated rings. The SMILES string of the molecule is Cc1nc(S[C@H](C)c2ccc(Cl)cc2)sc1CC(N)=O. The van der Waals surface area contributed by atoms with Gasteiger partial charge in [0.1, 0.15) is 0 Å². The summed E-state index contributed by atoms with van der Waals surface area (Å²) in [7, 11) is 0. The summed E-state index contributed by atoms with van der Waals surface area (Å²) in [6.45, 7) is 4.03. The Morgan fingerprint density at radius 3 is 2.70 bits per heavy atom. The van der Waals surface area contributed by atoms with Crippen molar-refractivity contribution in [2.75, 3.05) is 0 Å². The Kier molecular flexibility index (Phi) is 5.07. The van der Waals surface area contributed by atoms with E-state index in [2.05, 4.69) is 11.9 Å². The standard InChI is InChI=1S/C14H15ClN2OS2/c1-8-12(7-13(16)18)20-14(17-8)19-9(2)10-3-5-11(15)6-4-10/h3-6,9H,7H2,1-2H3,(H2,16,18)/t9-/m1/s1. The van der Waals surface area contributed by atoms with E-state index in [-0.39, 0.29) is 17.6 Å². The summed E-state index contributed by atoms with van der Waals surface area (Å²) in [5.74, 6) is -0.320. The highest BCUT2D eigenvalue weighted by Gasteiger charge is 2.14. The van der Waals surface area contributed by atoms with Gasteiger partial charge in [-0.1, -0.05) is 35.5 Å². The van der Waals surface area contributed by atoms with E-state index in [4.69, 9.17) is 17.3 Å². The molecule has 0 aliphatic heterocycles. The highest BCUT2D eigenvalue weighted by molar-refractivity contribution is 8.01. The fraction of sp³-hybridized carbons (Fsp3) is 0.286. The molecular weight excluding hydrogens is 312 g/mol. The molecule has 3 nitrogen and oxygen atoms in total. The summed E-state index contributed by atoms with van der Waals surface area (Å²) >= 11 is 9.10. The number of amides is 1. The van der Waals surface area contributed by atoms with Crippen LogP contribution in [-0.4, -0.2) is 10.9 Å². The van der Waals surface area contributed by atoms with Crippen LogP contribution in [0.3, 0.4) is 0 Å². The van der Waals surface area contributed by atoms with Gasteiger partial charge in [-0.25, -0.2) is 4.98 Å². The highest BCUT2D eigenvalue weighted by atomic mass is 35.5.